The SMILES string of the molecule is Cc1nn(CC(=O)N(Cc2ccccn2)C[C@H]2CCCO2)cc1Cl. The molecule has 1 atom stereocenters. The molecule has 0 saturated carbocycles. The third-order valence-electron chi connectivity index (χ3n) is 4.06. The van der Waals surface area contributed by atoms with Gasteiger partial charge < -0.3 is 9.64 Å². The summed E-state index contributed by atoms with van der Waals surface area (Å²) in [5.41, 5.74) is 1.58. The summed E-state index contributed by atoms with van der Waals surface area (Å²) in [5, 5.41) is 4.83. The molecule has 128 valence electrons. The first-order chi connectivity index (χ1) is 11.6. The van der Waals surface area contributed by atoms with E-state index in [4.69, 9.17) is 16.3 Å². The van der Waals surface area contributed by atoms with Gasteiger partial charge in [-0.1, -0.05) is 17.7 Å². The number of pyridine rings is 1. The molecule has 0 bridgehead atoms. The molecule has 2 aromatic heterocycles. The van der Waals surface area contributed by atoms with Crippen LogP contribution < -0.4 is 0 Å². The molecule has 0 unspecified atom stereocenters. The molecule has 1 aliphatic rings. The van der Waals surface area contributed by atoms with Gasteiger partial charge in [-0.2, -0.15) is 5.10 Å². The summed E-state index contributed by atoms with van der Waals surface area (Å²) in [7, 11) is 0. The molecule has 1 amide bonds. The fraction of sp³-hybridized carbons (Fsp3) is 0.471. The van der Waals surface area contributed by atoms with E-state index in [0.29, 0.717) is 18.1 Å². The predicted molar refractivity (Wildman–Crippen MR) is 90.6 cm³/mol. The van der Waals surface area contributed by atoms with Crippen LogP contribution >= 0.6 is 11.6 Å². The van der Waals surface area contributed by atoms with E-state index in [2.05, 4.69) is 10.1 Å². The highest BCUT2D eigenvalue weighted by Gasteiger charge is 2.23. The molecular formula is C17H21ClN4O2. The monoisotopic (exact) mass is 348 g/mol. The fourth-order valence-corrected chi connectivity index (χ4v) is 2.94. The first kappa shape index (κ1) is 16.9. The number of hydrogen-bond donors (Lipinski definition) is 0. The molecule has 0 aliphatic carbocycles. The largest absolute Gasteiger partial charge is 0.376 e. The third-order valence-corrected chi connectivity index (χ3v) is 4.43. The maximum absolute atomic E-state index is 12.8. The summed E-state index contributed by atoms with van der Waals surface area (Å²) in [6, 6.07) is 5.71. The van der Waals surface area contributed by atoms with Crippen LogP contribution in [0.5, 0.6) is 0 Å². The molecule has 1 fully saturated rings. The second-order valence-electron chi connectivity index (χ2n) is 5.99. The van der Waals surface area contributed by atoms with Crippen molar-refractivity contribution in [2.75, 3.05) is 13.2 Å². The Kier molecular flexibility index (Phi) is 5.48. The molecule has 3 rings (SSSR count). The maximum atomic E-state index is 12.8. The van der Waals surface area contributed by atoms with Crippen molar-refractivity contribution in [2.24, 2.45) is 0 Å². The number of aryl methyl sites for hydroxylation is 1. The molecule has 6 nitrogen and oxygen atoms in total. The van der Waals surface area contributed by atoms with Gasteiger partial charge >= 0.3 is 0 Å². The van der Waals surface area contributed by atoms with Gasteiger partial charge in [0.2, 0.25) is 5.91 Å². The van der Waals surface area contributed by atoms with Crippen LogP contribution in [0.3, 0.4) is 0 Å². The van der Waals surface area contributed by atoms with Crippen LogP contribution in [-0.2, 0) is 22.6 Å². The van der Waals surface area contributed by atoms with Gasteiger partial charge in [0.25, 0.3) is 0 Å². The Morgan fingerprint density at radius 3 is 3.00 bits per heavy atom. The zero-order chi connectivity index (χ0) is 16.9. The fourth-order valence-electron chi connectivity index (χ4n) is 2.79. The molecule has 0 spiro atoms. The number of amides is 1. The second kappa shape index (κ2) is 7.77. The zero-order valence-electron chi connectivity index (χ0n) is 13.7. The normalized spacial score (nSPS) is 17.2. The van der Waals surface area contributed by atoms with Crippen molar-refractivity contribution in [1.29, 1.82) is 0 Å². The van der Waals surface area contributed by atoms with Gasteiger partial charge in [0.05, 0.1) is 29.1 Å². The first-order valence-electron chi connectivity index (χ1n) is 8.10. The summed E-state index contributed by atoms with van der Waals surface area (Å²) >= 11 is 6.02. The number of ether oxygens (including phenoxy) is 1. The average molecular weight is 349 g/mol. The van der Waals surface area contributed by atoms with E-state index in [0.717, 1.165) is 30.8 Å². The van der Waals surface area contributed by atoms with Crippen molar-refractivity contribution < 1.29 is 9.53 Å². The molecule has 0 N–H and O–H groups in total. The first-order valence-corrected chi connectivity index (χ1v) is 8.48. The Morgan fingerprint density at radius 1 is 1.50 bits per heavy atom. The lowest BCUT2D eigenvalue weighted by molar-refractivity contribution is -0.134. The Hall–Kier alpha value is -1.92. The number of halogens is 1. The van der Waals surface area contributed by atoms with Crippen LogP contribution in [0, 0.1) is 6.92 Å². The standard InChI is InChI=1S/C17H21ClN4O2/c1-13-16(18)11-22(20-13)12-17(23)21(10-15-6-4-8-24-15)9-14-5-2-3-7-19-14/h2-3,5,7,11,15H,4,6,8-10,12H2,1H3/t15-/m1/s1. The van der Waals surface area contributed by atoms with Crippen LogP contribution in [0.4, 0.5) is 0 Å². The molecule has 24 heavy (non-hydrogen) atoms. The van der Waals surface area contributed by atoms with Crippen molar-refractivity contribution in [3.8, 4) is 0 Å². The Labute approximate surface area is 146 Å². The lowest BCUT2D eigenvalue weighted by Crippen LogP contribution is -2.39. The highest BCUT2D eigenvalue weighted by Crippen LogP contribution is 2.16. The Morgan fingerprint density at radius 2 is 2.38 bits per heavy atom. The summed E-state index contributed by atoms with van der Waals surface area (Å²) in [5.74, 6) is -0.0182. The maximum Gasteiger partial charge on any atom is 0.244 e. The minimum absolute atomic E-state index is 0.0182. The average Bonchev–Trinajstić information content (AvgIpc) is 3.18. The molecule has 7 heteroatoms. The summed E-state index contributed by atoms with van der Waals surface area (Å²) in [6.07, 6.45) is 5.55. The zero-order valence-corrected chi connectivity index (χ0v) is 14.4. The van der Waals surface area contributed by atoms with Gasteiger partial charge in [0, 0.05) is 25.5 Å². The lowest BCUT2D eigenvalue weighted by atomic mass is 10.2. The quantitative estimate of drug-likeness (QED) is 0.804. The van der Waals surface area contributed by atoms with Gasteiger partial charge in [-0.05, 0) is 31.9 Å². The van der Waals surface area contributed by atoms with E-state index < -0.39 is 0 Å². The van der Waals surface area contributed by atoms with Gasteiger partial charge in [0.15, 0.2) is 0 Å². The molecular weight excluding hydrogens is 328 g/mol. The van der Waals surface area contributed by atoms with Gasteiger partial charge in [0.1, 0.15) is 6.54 Å². The molecule has 1 aliphatic heterocycles. The second-order valence-corrected chi connectivity index (χ2v) is 6.40. The van der Waals surface area contributed by atoms with E-state index in [1.54, 1.807) is 22.0 Å². The number of carbonyl (C=O) groups excluding carboxylic acids is 1. The summed E-state index contributed by atoms with van der Waals surface area (Å²) in [4.78, 5) is 18.9. The van der Waals surface area contributed by atoms with Crippen molar-refractivity contribution in [3.63, 3.8) is 0 Å². The van der Waals surface area contributed by atoms with Crippen LogP contribution in [0.15, 0.2) is 30.6 Å². The van der Waals surface area contributed by atoms with E-state index in [-0.39, 0.29) is 18.6 Å². The van der Waals surface area contributed by atoms with Gasteiger partial charge in [-0.15, -0.1) is 0 Å². The number of hydrogen-bond acceptors (Lipinski definition) is 4. The van der Waals surface area contributed by atoms with Crippen molar-refractivity contribution >= 4 is 17.5 Å². The topological polar surface area (TPSA) is 60.2 Å². The molecule has 3 heterocycles. The van der Waals surface area contributed by atoms with Crippen LogP contribution in [0.1, 0.15) is 24.2 Å². The molecule has 0 aromatic carbocycles. The van der Waals surface area contributed by atoms with E-state index >= 15 is 0 Å². The van der Waals surface area contributed by atoms with Crippen LogP contribution in [0.25, 0.3) is 0 Å². The molecule has 2 aromatic rings. The highest BCUT2D eigenvalue weighted by molar-refractivity contribution is 6.31. The number of aromatic nitrogens is 3. The van der Waals surface area contributed by atoms with Crippen molar-refractivity contribution in [1.82, 2.24) is 19.7 Å². The van der Waals surface area contributed by atoms with Gasteiger partial charge in [-0.3, -0.25) is 14.5 Å². The van der Waals surface area contributed by atoms with Crippen molar-refractivity contribution in [2.45, 2.75) is 39.0 Å². The minimum atomic E-state index is -0.0182. The summed E-state index contributed by atoms with van der Waals surface area (Å²) in [6.45, 7) is 3.79. The van der Waals surface area contributed by atoms with Crippen molar-refractivity contribution in [3.05, 3.63) is 47.0 Å². The molecule has 0 radical (unpaired) electrons. The van der Waals surface area contributed by atoms with Crippen LogP contribution in [-0.4, -0.2) is 44.8 Å². The van der Waals surface area contributed by atoms with Crippen LogP contribution in [0.2, 0.25) is 5.02 Å². The van der Waals surface area contributed by atoms with Gasteiger partial charge in [-0.25, -0.2) is 0 Å². The Bertz CT molecular complexity index is 664. The minimum Gasteiger partial charge on any atom is -0.376 e. The lowest BCUT2D eigenvalue weighted by Gasteiger charge is -2.25. The predicted octanol–water partition coefficient (Wildman–Crippen LogP) is 2.45. The number of rotatable bonds is 6. The third kappa shape index (κ3) is 4.33. The number of nitrogens with zero attached hydrogens (tertiary/aromatic N) is 4. The smallest absolute Gasteiger partial charge is 0.244 e. The number of carbonyl (C=O) groups is 1. The molecule has 1 saturated heterocycles. The Balaban J connectivity index is 1.70. The highest BCUT2D eigenvalue weighted by atomic mass is 35.5. The van der Waals surface area contributed by atoms with E-state index in [9.17, 15) is 4.79 Å². The summed E-state index contributed by atoms with van der Waals surface area (Å²) < 4.78 is 7.27. The van der Waals surface area contributed by atoms with E-state index in [1.165, 1.54) is 0 Å². The van der Waals surface area contributed by atoms with E-state index in [1.807, 2.05) is 25.1 Å².